The van der Waals surface area contributed by atoms with Gasteiger partial charge in [-0.3, -0.25) is 4.79 Å². The first kappa shape index (κ1) is 16.3. The Hall–Kier alpha value is -1.61. The third-order valence-electron chi connectivity index (χ3n) is 3.49. The number of aliphatic hydroxyl groups is 1. The number of amides is 1. The number of carbonyl (C=O) groups is 1. The molecule has 1 aliphatic rings. The number of nitrogens with one attached hydrogen (secondary N) is 2. The van der Waals surface area contributed by atoms with Crippen LogP contribution in [0.15, 0.2) is 34.6 Å². The third-order valence-corrected chi connectivity index (χ3v) is 5.05. The third kappa shape index (κ3) is 3.84. The summed E-state index contributed by atoms with van der Waals surface area (Å²) in [5, 5.41) is 24.3. The van der Waals surface area contributed by atoms with Gasteiger partial charge in [0.2, 0.25) is 5.91 Å². The number of benzene rings is 1. The summed E-state index contributed by atoms with van der Waals surface area (Å²) in [5.74, 6) is -0.175. The van der Waals surface area contributed by atoms with Gasteiger partial charge in [-0.15, -0.1) is 10.2 Å². The van der Waals surface area contributed by atoms with E-state index in [1.54, 1.807) is 23.0 Å². The minimum atomic E-state index is -0.473. The molecule has 2 aromatic rings. The molecule has 0 spiro atoms. The van der Waals surface area contributed by atoms with Crippen molar-refractivity contribution in [2.75, 3.05) is 11.9 Å². The van der Waals surface area contributed by atoms with Gasteiger partial charge >= 0.3 is 0 Å². The number of anilines is 1. The van der Waals surface area contributed by atoms with Gasteiger partial charge < -0.3 is 20.3 Å². The number of aliphatic hydroxyl groups excluding tert-OH is 1. The summed E-state index contributed by atoms with van der Waals surface area (Å²) < 4.78 is 1.80. The van der Waals surface area contributed by atoms with Gasteiger partial charge in [0.25, 0.3) is 0 Å². The van der Waals surface area contributed by atoms with E-state index >= 15 is 0 Å². The fourth-order valence-electron chi connectivity index (χ4n) is 2.27. The van der Waals surface area contributed by atoms with E-state index in [4.69, 9.17) is 11.6 Å². The minimum Gasteiger partial charge on any atom is -0.392 e. The van der Waals surface area contributed by atoms with Crippen LogP contribution in [0.1, 0.15) is 6.42 Å². The average molecular weight is 354 g/mol. The maximum atomic E-state index is 12.1. The highest BCUT2D eigenvalue weighted by molar-refractivity contribution is 7.99. The molecule has 0 aliphatic carbocycles. The van der Waals surface area contributed by atoms with Crippen LogP contribution in [0.4, 0.5) is 5.69 Å². The number of hydrogen-bond donors (Lipinski definition) is 3. The second-order valence-corrected chi connectivity index (χ2v) is 6.73. The van der Waals surface area contributed by atoms with Gasteiger partial charge in [-0.2, -0.15) is 0 Å². The molecule has 0 saturated carbocycles. The van der Waals surface area contributed by atoms with Crippen molar-refractivity contribution in [3.8, 4) is 0 Å². The van der Waals surface area contributed by atoms with Crippen molar-refractivity contribution in [2.45, 2.75) is 28.6 Å². The Morgan fingerprint density at radius 2 is 2.39 bits per heavy atom. The first-order chi connectivity index (χ1) is 11.0. The number of hydrogen-bond acceptors (Lipinski definition) is 6. The van der Waals surface area contributed by atoms with Crippen LogP contribution in [0.25, 0.3) is 0 Å². The van der Waals surface area contributed by atoms with Crippen molar-refractivity contribution in [1.82, 2.24) is 20.1 Å². The summed E-state index contributed by atoms with van der Waals surface area (Å²) >= 11 is 7.68. The molecule has 2 heterocycles. The van der Waals surface area contributed by atoms with Crippen LogP contribution in [0.2, 0.25) is 5.02 Å². The summed E-state index contributed by atoms with van der Waals surface area (Å²) in [7, 11) is 1.86. The molecule has 1 aromatic carbocycles. The van der Waals surface area contributed by atoms with Crippen molar-refractivity contribution in [3.05, 3.63) is 29.5 Å². The number of aryl methyl sites for hydroxylation is 1. The van der Waals surface area contributed by atoms with E-state index < -0.39 is 6.10 Å². The lowest BCUT2D eigenvalue weighted by Crippen LogP contribution is -2.35. The standard InChI is InChI=1S/C14H16ClN5O2S/c1-20-7-17-19-14(20)23-12-3-2-8(4-10(12)15)18-13(22)11-5-9(21)6-16-11/h2-4,7,9,11,16,21H,5-6H2,1H3,(H,18,22). The van der Waals surface area contributed by atoms with Crippen LogP contribution in [-0.4, -0.2) is 44.5 Å². The number of β-amino-alcohol motifs (C(OH)–C–C–N with tert-alkyl or cyclic N) is 1. The smallest absolute Gasteiger partial charge is 0.241 e. The maximum Gasteiger partial charge on any atom is 0.241 e. The largest absolute Gasteiger partial charge is 0.392 e. The number of carbonyl (C=O) groups excluding carboxylic acids is 1. The molecule has 3 rings (SSSR count). The lowest BCUT2D eigenvalue weighted by Gasteiger charge is -2.12. The molecule has 9 heteroatoms. The minimum absolute atomic E-state index is 0.175. The summed E-state index contributed by atoms with van der Waals surface area (Å²) in [6.45, 7) is 0.437. The monoisotopic (exact) mass is 353 g/mol. The van der Waals surface area contributed by atoms with Crippen LogP contribution < -0.4 is 10.6 Å². The number of nitrogens with zero attached hydrogens (tertiary/aromatic N) is 3. The Kier molecular flexibility index (Phi) is 4.86. The van der Waals surface area contributed by atoms with Gasteiger partial charge in [-0.05, 0) is 36.4 Å². The summed E-state index contributed by atoms with van der Waals surface area (Å²) in [6.07, 6.45) is 1.56. The van der Waals surface area contributed by atoms with Crippen molar-refractivity contribution in [2.24, 2.45) is 7.05 Å². The molecule has 1 amide bonds. The zero-order chi connectivity index (χ0) is 16.4. The Morgan fingerprint density at radius 3 is 3.00 bits per heavy atom. The Bertz CT molecular complexity index is 723. The summed E-state index contributed by atoms with van der Waals surface area (Å²) in [6, 6.07) is 4.93. The maximum absolute atomic E-state index is 12.1. The molecule has 1 fully saturated rings. The SMILES string of the molecule is Cn1cnnc1Sc1ccc(NC(=O)C2CC(O)CN2)cc1Cl. The second-order valence-electron chi connectivity index (χ2n) is 5.31. The molecule has 122 valence electrons. The average Bonchev–Trinajstić information content (AvgIpc) is 3.11. The van der Waals surface area contributed by atoms with Crippen molar-refractivity contribution >= 4 is 35.0 Å². The van der Waals surface area contributed by atoms with Crippen LogP contribution in [0, 0.1) is 0 Å². The van der Waals surface area contributed by atoms with E-state index in [1.807, 2.05) is 13.1 Å². The lowest BCUT2D eigenvalue weighted by atomic mass is 10.2. The van der Waals surface area contributed by atoms with Gasteiger partial charge in [-0.1, -0.05) is 11.6 Å². The molecule has 7 nitrogen and oxygen atoms in total. The molecule has 2 atom stereocenters. The predicted octanol–water partition coefficient (Wildman–Crippen LogP) is 1.28. The van der Waals surface area contributed by atoms with Gasteiger partial charge in [0, 0.05) is 24.2 Å². The van der Waals surface area contributed by atoms with Gasteiger partial charge in [-0.25, -0.2) is 0 Å². The molecule has 1 saturated heterocycles. The Balaban J connectivity index is 1.67. The van der Waals surface area contributed by atoms with E-state index in [0.717, 1.165) is 10.1 Å². The second kappa shape index (κ2) is 6.88. The Labute approximate surface area is 142 Å². The highest BCUT2D eigenvalue weighted by Crippen LogP contribution is 2.33. The van der Waals surface area contributed by atoms with Gasteiger partial charge in [0.05, 0.1) is 17.2 Å². The van der Waals surface area contributed by atoms with Crippen LogP contribution in [0.3, 0.4) is 0 Å². The summed E-state index contributed by atoms with van der Waals surface area (Å²) in [5.41, 5.74) is 0.616. The molecule has 2 unspecified atom stereocenters. The Morgan fingerprint density at radius 1 is 1.57 bits per heavy atom. The number of rotatable bonds is 4. The van der Waals surface area contributed by atoms with Crippen LogP contribution in [0.5, 0.6) is 0 Å². The van der Waals surface area contributed by atoms with E-state index in [9.17, 15) is 9.90 Å². The molecule has 23 heavy (non-hydrogen) atoms. The van der Waals surface area contributed by atoms with E-state index in [0.29, 0.717) is 23.7 Å². The zero-order valence-corrected chi connectivity index (χ0v) is 13.9. The molecule has 1 aromatic heterocycles. The first-order valence-electron chi connectivity index (χ1n) is 7.06. The van der Waals surface area contributed by atoms with Crippen LogP contribution in [-0.2, 0) is 11.8 Å². The highest BCUT2D eigenvalue weighted by atomic mass is 35.5. The van der Waals surface area contributed by atoms with Crippen molar-refractivity contribution in [3.63, 3.8) is 0 Å². The fourth-order valence-corrected chi connectivity index (χ4v) is 3.34. The van der Waals surface area contributed by atoms with Gasteiger partial charge in [0.15, 0.2) is 5.16 Å². The quantitative estimate of drug-likeness (QED) is 0.767. The molecular weight excluding hydrogens is 338 g/mol. The molecule has 0 bridgehead atoms. The molecule has 0 radical (unpaired) electrons. The topological polar surface area (TPSA) is 92.1 Å². The van der Waals surface area contributed by atoms with Crippen molar-refractivity contribution < 1.29 is 9.90 Å². The molecule has 1 aliphatic heterocycles. The lowest BCUT2D eigenvalue weighted by molar-refractivity contribution is -0.117. The normalized spacial score (nSPS) is 20.7. The summed E-state index contributed by atoms with van der Waals surface area (Å²) in [4.78, 5) is 12.9. The highest BCUT2D eigenvalue weighted by Gasteiger charge is 2.28. The van der Waals surface area contributed by atoms with E-state index in [2.05, 4.69) is 20.8 Å². The molecular formula is C14H16ClN5O2S. The van der Waals surface area contributed by atoms with E-state index in [-0.39, 0.29) is 11.9 Å². The number of halogens is 1. The molecule has 3 N–H and O–H groups in total. The van der Waals surface area contributed by atoms with Gasteiger partial charge in [0.1, 0.15) is 6.33 Å². The fraction of sp³-hybridized carbons (Fsp3) is 0.357. The van der Waals surface area contributed by atoms with E-state index in [1.165, 1.54) is 11.8 Å². The zero-order valence-electron chi connectivity index (χ0n) is 12.4. The van der Waals surface area contributed by atoms with Crippen LogP contribution >= 0.6 is 23.4 Å². The first-order valence-corrected chi connectivity index (χ1v) is 8.26. The number of aromatic nitrogens is 3. The van der Waals surface area contributed by atoms with Crippen molar-refractivity contribution in [1.29, 1.82) is 0 Å². The predicted molar refractivity (Wildman–Crippen MR) is 87.6 cm³/mol.